The molecule has 0 fully saturated rings. The van der Waals surface area contributed by atoms with Crippen LogP contribution >= 0.6 is 11.3 Å². The third-order valence-electron chi connectivity index (χ3n) is 2.97. The minimum Gasteiger partial charge on any atom is -0.365 e. The summed E-state index contributed by atoms with van der Waals surface area (Å²) in [6.07, 6.45) is 1.80. The van der Waals surface area contributed by atoms with Crippen molar-refractivity contribution in [3.63, 3.8) is 0 Å². The Hall–Kier alpha value is -1.17. The Balaban J connectivity index is 2.16. The highest BCUT2D eigenvalue weighted by atomic mass is 32.1. The van der Waals surface area contributed by atoms with Gasteiger partial charge < -0.3 is 9.64 Å². The quantitative estimate of drug-likeness (QED) is 0.813. The lowest BCUT2D eigenvalue weighted by atomic mass is 10.2. The Labute approximate surface area is 118 Å². The number of nitrogens with zero attached hydrogens (tertiary/aromatic N) is 3. The fraction of sp³-hybridized carbons (Fsp3) is 0.500. The summed E-state index contributed by atoms with van der Waals surface area (Å²) < 4.78 is 7.97. The van der Waals surface area contributed by atoms with Crippen LogP contribution in [0, 0.1) is 6.92 Å². The number of hydrogen-bond donors (Lipinski definition) is 0. The maximum absolute atomic E-state index is 6.09. The van der Waals surface area contributed by atoms with Crippen LogP contribution in [0.4, 0.5) is 0 Å². The Kier molecular flexibility index (Phi) is 4.74. The molecular weight excluding hydrogens is 258 g/mol. The monoisotopic (exact) mass is 279 g/mol. The van der Waals surface area contributed by atoms with Crippen LogP contribution in [0.2, 0.25) is 0 Å². The summed E-state index contributed by atoms with van der Waals surface area (Å²) in [5.74, 6) is 0. The average Bonchev–Trinajstić information content (AvgIpc) is 2.94. The molecule has 0 aromatic carbocycles. The zero-order valence-electron chi connectivity index (χ0n) is 12.0. The number of hydrogen-bond acceptors (Lipinski definition) is 4. The largest absolute Gasteiger partial charge is 0.365 e. The van der Waals surface area contributed by atoms with Gasteiger partial charge in [-0.2, -0.15) is 5.10 Å². The van der Waals surface area contributed by atoms with Crippen molar-refractivity contribution in [2.24, 2.45) is 7.05 Å². The van der Waals surface area contributed by atoms with Gasteiger partial charge in [0.25, 0.3) is 0 Å². The van der Waals surface area contributed by atoms with Crippen LogP contribution in [0.1, 0.15) is 21.6 Å². The summed E-state index contributed by atoms with van der Waals surface area (Å²) in [7, 11) is 6.06. The first-order chi connectivity index (χ1) is 9.08. The fourth-order valence-electron chi connectivity index (χ4n) is 1.90. The number of ether oxygens (including phenoxy) is 1. The van der Waals surface area contributed by atoms with Crippen molar-refractivity contribution < 1.29 is 4.74 Å². The molecule has 2 aromatic rings. The van der Waals surface area contributed by atoms with Gasteiger partial charge in [0.05, 0.1) is 12.3 Å². The van der Waals surface area contributed by atoms with E-state index in [0.717, 1.165) is 12.2 Å². The molecule has 19 heavy (non-hydrogen) atoms. The van der Waals surface area contributed by atoms with Crippen LogP contribution in [-0.2, 0) is 11.8 Å². The highest BCUT2D eigenvalue weighted by molar-refractivity contribution is 7.12. The third-order valence-corrected chi connectivity index (χ3v) is 4.01. The van der Waals surface area contributed by atoms with Gasteiger partial charge in [0, 0.05) is 29.5 Å². The Morgan fingerprint density at radius 1 is 1.37 bits per heavy atom. The van der Waals surface area contributed by atoms with Crippen LogP contribution in [0.15, 0.2) is 24.4 Å². The molecule has 0 radical (unpaired) electrons. The summed E-state index contributed by atoms with van der Waals surface area (Å²) in [5.41, 5.74) is 1.10. The van der Waals surface area contributed by atoms with Gasteiger partial charge in [0.15, 0.2) is 0 Å². The predicted molar refractivity (Wildman–Crippen MR) is 78.6 cm³/mol. The maximum atomic E-state index is 6.09. The van der Waals surface area contributed by atoms with E-state index in [2.05, 4.69) is 43.2 Å². The third kappa shape index (κ3) is 3.65. The zero-order valence-corrected chi connectivity index (χ0v) is 12.8. The van der Waals surface area contributed by atoms with Gasteiger partial charge in [0.1, 0.15) is 6.10 Å². The number of thiophene rings is 1. The van der Waals surface area contributed by atoms with E-state index < -0.39 is 0 Å². The Morgan fingerprint density at radius 3 is 2.68 bits per heavy atom. The van der Waals surface area contributed by atoms with Gasteiger partial charge in [0.2, 0.25) is 0 Å². The molecule has 1 atom stereocenters. The molecule has 0 saturated heterocycles. The van der Waals surface area contributed by atoms with E-state index in [4.69, 9.17) is 4.74 Å². The predicted octanol–water partition coefficient (Wildman–Crippen LogP) is 2.46. The maximum Gasteiger partial charge on any atom is 0.133 e. The smallest absolute Gasteiger partial charge is 0.133 e. The van der Waals surface area contributed by atoms with Gasteiger partial charge >= 0.3 is 0 Å². The zero-order chi connectivity index (χ0) is 13.8. The van der Waals surface area contributed by atoms with Gasteiger partial charge in [-0.25, -0.2) is 0 Å². The van der Waals surface area contributed by atoms with E-state index >= 15 is 0 Å². The van der Waals surface area contributed by atoms with Crippen molar-refractivity contribution in [3.8, 4) is 0 Å². The summed E-state index contributed by atoms with van der Waals surface area (Å²) in [4.78, 5) is 4.67. The Bertz CT molecular complexity index is 518. The van der Waals surface area contributed by atoms with Crippen LogP contribution < -0.4 is 0 Å². The molecular formula is C14H21N3OS. The lowest BCUT2D eigenvalue weighted by Crippen LogP contribution is -2.20. The summed E-state index contributed by atoms with van der Waals surface area (Å²) >= 11 is 1.78. The summed E-state index contributed by atoms with van der Waals surface area (Å²) in [5, 5.41) is 4.24. The molecule has 0 spiro atoms. The molecule has 4 nitrogen and oxygen atoms in total. The summed E-state index contributed by atoms with van der Waals surface area (Å²) in [6.45, 7) is 3.74. The first-order valence-electron chi connectivity index (χ1n) is 6.38. The lowest BCUT2D eigenvalue weighted by molar-refractivity contribution is 0.0660. The van der Waals surface area contributed by atoms with E-state index in [9.17, 15) is 0 Å². The molecule has 0 amide bonds. The van der Waals surface area contributed by atoms with E-state index in [0.29, 0.717) is 6.61 Å². The molecule has 0 saturated carbocycles. The highest BCUT2D eigenvalue weighted by Gasteiger charge is 2.19. The number of aromatic nitrogens is 2. The summed E-state index contributed by atoms with van der Waals surface area (Å²) in [6, 6.07) is 6.31. The standard InChI is InChI=1S/C14H21N3OS/c1-11-5-6-13(19-11)14(18-10-9-16(2)3)12-7-8-15-17(12)4/h5-8,14H,9-10H2,1-4H3. The first-order valence-corrected chi connectivity index (χ1v) is 7.20. The second-order valence-corrected chi connectivity index (χ2v) is 6.20. The van der Waals surface area contributed by atoms with Gasteiger partial charge in [-0.15, -0.1) is 11.3 Å². The van der Waals surface area contributed by atoms with Crippen LogP contribution in [0.3, 0.4) is 0 Å². The van der Waals surface area contributed by atoms with Crippen molar-refractivity contribution in [3.05, 3.63) is 39.8 Å². The average molecular weight is 279 g/mol. The van der Waals surface area contributed by atoms with Gasteiger partial charge in [-0.3, -0.25) is 4.68 Å². The molecule has 0 aliphatic heterocycles. The van der Waals surface area contributed by atoms with E-state index in [-0.39, 0.29) is 6.10 Å². The van der Waals surface area contributed by atoms with Crippen LogP contribution in [0.25, 0.3) is 0 Å². The lowest BCUT2D eigenvalue weighted by Gasteiger charge is -2.18. The normalized spacial score (nSPS) is 13.1. The number of likely N-dealkylation sites (N-methyl/N-ethyl adjacent to an activating group) is 1. The van der Waals surface area contributed by atoms with Crippen molar-refractivity contribution >= 4 is 11.3 Å². The minimum atomic E-state index is -0.0221. The van der Waals surface area contributed by atoms with Crippen molar-refractivity contribution in [2.75, 3.05) is 27.2 Å². The first kappa shape index (κ1) is 14.2. The number of aryl methyl sites for hydroxylation is 2. The topological polar surface area (TPSA) is 30.3 Å². The molecule has 0 aliphatic rings. The molecule has 1 unspecified atom stereocenters. The van der Waals surface area contributed by atoms with Crippen molar-refractivity contribution in [1.29, 1.82) is 0 Å². The van der Waals surface area contributed by atoms with Gasteiger partial charge in [-0.05, 0) is 39.2 Å². The van der Waals surface area contributed by atoms with Crippen LogP contribution in [-0.4, -0.2) is 41.9 Å². The van der Waals surface area contributed by atoms with Crippen LogP contribution in [0.5, 0.6) is 0 Å². The molecule has 2 heterocycles. The molecule has 2 rings (SSSR count). The Morgan fingerprint density at radius 2 is 2.16 bits per heavy atom. The van der Waals surface area contributed by atoms with E-state index in [1.165, 1.54) is 9.75 Å². The SMILES string of the molecule is Cc1ccc(C(OCCN(C)C)c2ccnn2C)s1. The second kappa shape index (κ2) is 6.32. The van der Waals surface area contributed by atoms with E-state index in [1.54, 1.807) is 11.3 Å². The molecule has 0 aliphatic carbocycles. The molecule has 0 N–H and O–H groups in total. The van der Waals surface area contributed by atoms with E-state index in [1.807, 2.05) is 24.0 Å². The van der Waals surface area contributed by atoms with Crippen molar-refractivity contribution in [2.45, 2.75) is 13.0 Å². The minimum absolute atomic E-state index is 0.0221. The molecule has 5 heteroatoms. The molecule has 104 valence electrons. The van der Waals surface area contributed by atoms with Crippen molar-refractivity contribution in [1.82, 2.24) is 14.7 Å². The fourth-order valence-corrected chi connectivity index (χ4v) is 2.84. The highest BCUT2D eigenvalue weighted by Crippen LogP contribution is 2.30. The number of rotatable bonds is 6. The second-order valence-electron chi connectivity index (χ2n) is 4.88. The van der Waals surface area contributed by atoms with Gasteiger partial charge in [-0.1, -0.05) is 0 Å². The molecule has 2 aromatic heterocycles. The molecule has 0 bridgehead atoms.